The monoisotopic (exact) mass is 366 g/mol. The molecule has 1 aliphatic heterocycles. The van der Waals surface area contributed by atoms with E-state index in [1.807, 2.05) is 54.6 Å². The number of carbonyl (C=O) groups is 2. The molecular formula is C22H26N2O3. The zero-order valence-corrected chi connectivity index (χ0v) is 15.7. The van der Waals surface area contributed by atoms with Crippen LogP contribution in [0.5, 0.6) is 0 Å². The van der Waals surface area contributed by atoms with Crippen LogP contribution in [0.3, 0.4) is 0 Å². The molecule has 3 rings (SSSR count). The Hall–Kier alpha value is -2.82. The predicted octanol–water partition coefficient (Wildman–Crippen LogP) is 3.67. The van der Waals surface area contributed by atoms with E-state index in [4.69, 9.17) is 4.74 Å². The Balaban J connectivity index is 1.72. The lowest BCUT2D eigenvalue weighted by Crippen LogP contribution is -2.52. The van der Waals surface area contributed by atoms with E-state index >= 15 is 0 Å². The van der Waals surface area contributed by atoms with Gasteiger partial charge in [0.1, 0.15) is 12.6 Å². The van der Waals surface area contributed by atoms with Crippen LogP contribution >= 0.6 is 0 Å². The Bertz CT molecular complexity index is 776. The molecule has 0 aromatic heterocycles. The van der Waals surface area contributed by atoms with Crippen molar-refractivity contribution in [3.63, 3.8) is 0 Å². The Morgan fingerprint density at radius 2 is 1.78 bits per heavy atom. The summed E-state index contributed by atoms with van der Waals surface area (Å²) in [6.07, 6.45) is 1.99. The van der Waals surface area contributed by atoms with Gasteiger partial charge in [-0.25, -0.2) is 4.79 Å². The van der Waals surface area contributed by atoms with E-state index in [0.29, 0.717) is 19.5 Å². The van der Waals surface area contributed by atoms with Gasteiger partial charge in [-0.2, -0.15) is 0 Å². The summed E-state index contributed by atoms with van der Waals surface area (Å²) in [4.78, 5) is 27.0. The molecule has 0 radical (unpaired) electrons. The van der Waals surface area contributed by atoms with Gasteiger partial charge in [0.15, 0.2) is 0 Å². The highest BCUT2D eigenvalue weighted by molar-refractivity contribution is 5.86. The van der Waals surface area contributed by atoms with E-state index in [2.05, 4.69) is 12.2 Å². The van der Waals surface area contributed by atoms with Gasteiger partial charge in [0, 0.05) is 13.0 Å². The lowest BCUT2D eigenvalue weighted by atomic mass is 9.94. The van der Waals surface area contributed by atoms with Gasteiger partial charge in [-0.3, -0.25) is 9.69 Å². The third-order valence-corrected chi connectivity index (χ3v) is 4.82. The van der Waals surface area contributed by atoms with E-state index in [9.17, 15) is 9.59 Å². The van der Waals surface area contributed by atoms with Crippen molar-refractivity contribution in [3.8, 4) is 0 Å². The van der Waals surface area contributed by atoms with Crippen LogP contribution in [0.2, 0.25) is 0 Å². The molecule has 0 unspecified atom stereocenters. The molecule has 0 saturated heterocycles. The molecular weight excluding hydrogens is 340 g/mol. The van der Waals surface area contributed by atoms with E-state index in [-0.39, 0.29) is 12.5 Å². The normalized spacial score (nSPS) is 15.7. The van der Waals surface area contributed by atoms with Gasteiger partial charge < -0.3 is 10.1 Å². The quantitative estimate of drug-likeness (QED) is 0.794. The summed E-state index contributed by atoms with van der Waals surface area (Å²) >= 11 is 0. The molecule has 0 bridgehead atoms. The van der Waals surface area contributed by atoms with Crippen molar-refractivity contribution in [1.29, 1.82) is 0 Å². The number of amides is 2. The van der Waals surface area contributed by atoms with Crippen LogP contribution in [0.25, 0.3) is 0 Å². The van der Waals surface area contributed by atoms with Gasteiger partial charge in [0.25, 0.3) is 0 Å². The Morgan fingerprint density at radius 1 is 1.07 bits per heavy atom. The molecule has 2 aromatic rings. The maximum Gasteiger partial charge on any atom is 0.411 e. The number of benzene rings is 2. The first kappa shape index (κ1) is 19.0. The number of carbonyl (C=O) groups excluding carboxylic acids is 2. The van der Waals surface area contributed by atoms with Gasteiger partial charge in [-0.15, -0.1) is 0 Å². The summed E-state index contributed by atoms with van der Waals surface area (Å²) in [6, 6.07) is 17.0. The van der Waals surface area contributed by atoms with Crippen molar-refractivity contribution >= 4 is 12.0 Å². The average molecular weight is 366 g/mol. The molecule has 142 valence electrons. The molecule has 2 amide bonds. The molecule has 0 fully saturated rings. The SMILES string of the molecule is CCCCNC(=O)[C@@H]1Cc2ccccc2CN1C(=O)OCc1ccccc1. The van der Waals surface area contributed by atoms with Crippen molar-refractivity contribution < 1.29 is 14.3 Å². The number of nitrogens with one attached hydrogen (secondary N) is 1. The Kier molecular flexibility index (Phi) is 6.47. The third-order valence-electron chi connectivity index (χ3n) is 4.82. The number of unbranched alkanes of at least 4 members (excludes halogenated alkanes) is 1. The van der Waals surface area contributed by atoms with Crippen LogP contribution in [0.1, 0.15) is 36.5 Å². The molecule has 1 aliphatic rings. The standard InChI is InChI=1S/C22H26N2O3/c1-2-3-13-23-21(25)20-14-18-11-7-8-12-19(18)15-24(20)22(26)27-16-17-9-5-4-6-10-17/h4-12,20H,2-3,13-16H2,1H3,(H,23,25)/t20-/m0/s1. The van der Waals surface area contributed by atoms with Crippen molar-refractivity contribution in [2.24, 2.45) is 0 Å². The highest BCUT2D eigenvalue weighted by atomic mass is 16.6. The molecule has 0 aliphatic carbocycles. The van der Waals surface area contributed by atoms with Crippen molar-refractivity contribution in [1.82, 2.24) is 10.2 Å². The van der Waals surface area contributed by atoms with Gasteiger partial charge in [-0.05, 0) is 23.1 Å². The van der Waals surface area contributed by atoms with E-state index < -0.39 is 12.1 Å². The van der Waals surface area contributed by atoms with Crippen LogP contribution in [-0.4, -0.2) is 29.5 Å². The molecule has 5 nitrogen and oxygen atoms in total. The lowest BCUT2D eigenvalue weighted by Gasteiger charge is -2.35. The number of ether oxygens (including phenoxy) is 1. The number of fused-ring (bicyclic) bond motifs is 1. The summed E-state index contributed by atoms with van der Waals surface area (Å²) in [5, 5.41) is 2.95. The maximum absolute atomic E-state index is 12.7. The fraction of sp³-hybridized carbons (Fsp3) is 0.364. The smallest absolute Gasteiger partial charge is 0.411 e. The second-order valence-corrected chi connectivity index (χ2v) is 6.80. The summed E-state index contributed by atoms with van der Waals surface area (Å²) in [5.74, 6) is -0.116. The highest BCUT2D eigenvalue weighted by Gasteiger charge is 2.35. The molecule has 1 heterocycles. The zero-order valence-electron chi connectivity index (χ0n) is 15.7. The largest absolute Gasteiger partial charge is 0.445 e. The first-order chi connectivity index (χ1) is 13.2. The molecule has 1 atom stereocenters. The summed E-state index contributed by atoms with van der Waals surface area (Å²) in [7, 11) is 0. The van der Waals surface area contributed by atoms with Gasteiger partial charge in [0.05, 0.1) is 6.54 Å². The topological polar surface area (TPSA) is 58.6 Å². The van der Waals surface area contributed by atoms with Gasteiger partial charge in [-0.1, -0.05) is 67.9 Å². The number of rotatable bonds is 6. The van der Waals surface area contributed by atoms with Crippen LogP contribution in [0.4, 0.5) is 4.79 Å². The van der Waals surface area contributed by atoms with E-state index in [1.165, 1.54) is 0 Å². The Labute approximate surface area is 160 Å². The zero-order chi connectivity index (χ0) is 19.1. The second kappa shape index (κ2) is 9.21. The minimum atomic E-state index is -0.542. The third kappa shape index (κ3) is 4.88. The molecule has 5 heteroatoms. The van der Waals surface area contributed by atoms with E-state index in [1.54, 1.807) is 4.90 Å². The molecule has 1 N–H and O–H groups in total. The molecule has 0 spiro atoms. The second-order valence-electron chi connectivity index (χ2n) is 6.80. The fourth-order valence-electron chi connectivity index (χ4n) is 3.26. The van der Waals surface area contributed by atoms with Crippen molar-refractivity contribution in [2.45, 2.75) is 45.4 Å². The van der Waals surface area contributed by atoms with Crippen LogP contribution in [0.15, 0.2) is 54.6 Å². The van der Waals surface area contributed by atoms with E-state index in [0.717, 1.165) is 29.5 Å². The van der Waals surface area contributed by atoms with Gasteiger partial charge >= 0.3 is 6.09 Å². The number of hydrogen-bond donors (Lipinski definition) is 1. The van der Waals surface area contributed by atoms with Crippen molar-refractivity contribution in [2.75, 3.05) is 6.54 Å². The summed E-state index contributed by atoms with van der Waals surface area (Å²) in [6.45, 7) is 3.29. The van der Waals surface area contributed by atoms with Crippen LogP contribution < -0.4 is 5.32 Å². The summed E-state index contributed by atoms with van der Waals surface area (Å²) < 4.78 is 5.50. The molecule has 0 saturated carbocycles. The summed E-state index contributed by atoms with van der Waals surface area (Å²) in [5.41, 5.74) is 3.10. The minimum Gasteiger partial charge on any atom is -0.445 e. The lowest BCUT2D eigenvalue weighted by molar-refractivity contribution is -0.126. The first-order valence-electron chi connectivity index (χ1n) is 9.51. The molecule has 2 aromatic carbocycles. The fourth-order valence-corrected chi connectivity index (χ4v) is 3.26. The van der Waals surface area contributed by atoms with Crippen LogP contribution in [0, 0.1) is 0 Å². The first-order valence-corrected chi connectivity index (χ1v) is 9.51. The Morgan fingerprint density at radius 3 is 2.52 bits per heavy atom. The van der Waals surface area contributed by atoms with Crippen molar-refractivity contribution in [3.05, 3.63) is 71.3 Å². The predicted molar refractivity (Wildman–Crippen MR) is 104 cm³/mol. The number of hydrogen-bond acceptors (Lipinski definition) is 3. The maximum atomic E-state index is 12.7. The highest BCUT2D eigenvalue weighted by Crippen LogP contribution is 2.24. The average Bonchev–Trinajstić information content (AvgIpc) is 2.72. The van der Waals surface area contributed by atoms with Gasteiger partial charge in [0.2, 0.25) is 5.91 Å². The minimum absolute atomic E-state index is 0.116. The number of nitrogens with zero attached hydrogens (tertiary/aromatic N) is 1. The molecule has 27 heavy (non-hydrogen) atoms. The van der Waals surface area contributed by atoms with Crippen LogP contribution in [-0.2, 0) is 29.1 Å².